The Morgan fingerprint density at radius 3 is 2.62 bits per heavy atom. The number of hydrogen-bond donors (Lipinski definition) is 3. The summed E-state index contributed by atoms with van der Waals surface area (Å²) in [4.78, 5) is 17.5. The molecule has 0 fully saturated rings. The molecule has 6 heteroatoms. The van der Waals surface area contributed by atoms with Crippen molar-refractivity contribution in [2.75, 3.05) is 38.5 Å². The van der Waals surface area contributed by atoms with Crippen LogP contribution in [0.25, 0.3) is 0 Å². The lowest BCUT2D eigenvalue weighted by Crippen LogP contribution is -2.36. The molecule has 2 aliphatic heterocycles. The normalized spacial score (nSPS) is 16.7. The van der Waals surface area contributed by atoms with Crippen molar-refractivity contribution >= 4 is 17.8 Å². The zero-order valence-corrected chi connectivity index (χ0v) is 18.9. The van der Waals surface area contributed by atoms with Gasteiger partial charge < -0.3 is 20.9 Å². The van der Waals surface area contributed by atoms with E-state index < -0.39 is 0 Å². The minimum absolute atomic E-state index is 0.211. The van der Waals surface area contributed by atoms with E-state index in [-0.39, 0.29) is 5.91 Å². The van der Waals surface area contributed by atoms with E-state index in [1.807, 2.05) is 11.0 Å². The fraction of sp³-hybridized carbons (Fsp3) is 0.385. The molecule has 6 nitrogen and oxygen atoms in total. The smallest absolute Gasteiger partial charge is 0.227 e. The summed E-state index contributed by atoms with van der Waals surface area (Å²) in [5, 5.41) is 13.7. The lowest BCUT2D eigenvalue weighted by atomic mass is 10.00. The first kappa shape index (κ1) is 22.1. The van der Waals surface area contributed by atoms with Gasteiger partial charge in [-0.25, -0.2) is 0 Å². The Labute approximate surface area is 190 Å². The van der Waals surface area contributed by atoms with Crippen LogP contribution in [0, 0.1) is 5.41 Å². The number of hydrogen-bond acceptors (Lipinski definition) is 5. The van der Waals surface area contributed by atoms with Crippen LogP contribution >= 0.6 is 0 Å². The van der Waals surface area contributed by atoms with Crippen LogP contribution in [0.1, 0.15) is 28.7 Å². The summed E-state index contributed by atoms with van der Waals surface area (Å²) in [6.07, 6.45) is 6.48. The van der Waals surface area contributed by atoms with Crippen LogP contribution in [-0.2, 0) is 30.6 Å². The van der Waals surface area contributed by atoms with Crippen molar-refractivity contribution in [3.8, 4) is 0 Å². The molecule has 0 aromatic heterocycles. The van der Waals surface area contributed by atoms with Gasteiger partial charge in [-0.2, -0.15) is 0 Å². The molecule has 0 radical (unpaired) electrons. The van der Waals surface area contributed by atoms with Crippen LogP contribution in [0.2, 0.25) is 0 Å². The second-order valence-electron chi connectivity index (χ2n) is 8.60. The molecule has 2 aliphatic rings. The van der Waals surface area contributed by atoms with E-state index in [2.05, 4.69) is 51.9 Å². The molecule has 0 bridgehead atoms. The topological polar surface area (TPSA) is 71.5 Å². The summed E-state index contributed by atoms with van der Waals surface area (Å²) in [5.74, 6) is 0.211. The third-order valence-corrected chi connectivity index (χ3v) is 6.41. The summed E-state index contributed by atoms with van der Waals surface area (Å²) in [6.45, 7) is 4.76. The fourth-order valence-electron chi connectivity index (χ4n) is 4.67. The van der Waals surface area contributed by atoms with Crippen molar-refractivity contribution in [3.05, 3.63) is 76.6 Å². The largest absolute Gasteiger partial charge is 0.392 e. The van der Waals surface area contributed by atoms with E-state index in [0.29, 0.717) is 12.1 Å². The summed E-state index contributed by atoms with van der Waals surface area (Å²) in [6, 6.07) is 14.9. The number of benzene rings is 2. The summed E-state index contributed by atoms with van der Waals surface area (Å²) < 4.78 is 0. The quantitative estimate of drug-likeness (QED) is 0.562. The number of rotatable bonds is 8. The van der Waals surface area contributed by atoms with E-state index in [4.69, 9.17) is 5.41 Å². The second-order valence-corrected chi connectivity index (χ2v) is 8.60. The number of carbonyl (C=O) groups is 1. The number of allylic oxidation sites excluding steroid dienone is 1. The molecule has 0 aliphatic carbocycles. The van der Waals surface area contributed by atoms with Gasteiger partial charge in [-0.3, -0.25) is 9.69 Å². The maximum absolute atomic E-state index is 12.9. The van der Waals surface area contributed by atoms with Crippen molar-refractivity contribution < 1.29 is 4.79 Å². The molecule has 0 atom stereocenters. The predicted molar refractivity (Wildman–Crippen MR) is 130 cm³/mol. The van der Waals surface area contributed by atoms with Crippen molar-refractivity contribution in [2.24, 2.45) is 0 Å². The fourth-order valence-corrected chi connectivity index (χ4v) is 4.67. The molecule has 0 saturated heterocycles. The van der Waals surface area contributed by atoms with Gasteiger partial charge in [0.2, 0.25) is 5.91 Å². The van der Waals surface area contributed by atoms with Gasteiger partial charge >= 0.3 is 0 Å². The van der Waals surface area contributed by atoms with Gasteiger partial charge in [0, 0.05) is 57.9 Å². The first-order valence-corrected chi connectivity index (χ1v) is 11.5. The molecule has 2 aromatic carbocycles. The lowest BCUT2D eigenvalue weighted by Gasteiger charge is -2.29. The van der Waals surface area contributed by atoms with Crippen LogP contribution < -0.4 is 10.6 Å². The number of carbonyl (C=O) groups excluding carboxylic acids is 1. The Hall–Kier alpha value is -3.12. The molecular formula is C26H33N5O. The molecule has 0 spiro atoms. The zero-order valence-electron chi connectivity index (χ0n) is 18.9. The number of amides is 1. The van der Waals surface area contributed by atoms with E-state index in [1.165, 1.54) is 22.9 Å². The highest BCUT2D eigenvalue weighted by Crippen LogP contribution is 2.23. The monoisotopic (exact) mass is 431 g/mol. The predicted octanol–water partition coefficient (Wildman–Crippen LogP) is 3.18. The van der Waals surface area contributed by atoms with Crippen molar-refractivity contribution in [1.82, 2.24) is 15.1 Å². The molecule has 3 N–H and O–H groups in total. The second kappa shape index (κ2) is 10.5. The van der Waals surface area contributed by atoms with Gasteiger partial charge in [0.05, 0.1) is 12.1 Å². The van der Waals surface area contributed by atoms with Gasteiger partial charge in [0.1, 0.15) is 0 Å². The highest BCUT2D eigenvalue weighted by atomic mass is 16.2. The first-order chi connectivity index (χ1) is 15.7. The summed E-state index contributed by atoms with van der Waals surface area (Å²) in [7, 11) is 1.81. The summed E-state index contributed by atoms with van der Waals surface area (Å²) in [5.41, 5.74) is 6.83. The Bertz CT molecular complexity index is 999. The zero-order chi connectivity index (χ0) is 22.3. The molecule has 2 aromatic rings. The number of fused-ring (bicyclic) bond motifs is 2. The van der Waals surface area contributed by atoms with Crippen LogP contribution in [-0.4, -0.2) is 55.1 Å². The molecule has 0 saturated carbocycles. The Morgan fingerprint density at radius 2 is 1.81 bits per heavy atom. The van der Waals surface area contributed by atoms with Crippen LogP contribution in [0.3, 0.4) is 0 Å². The van der Waals surface area contributed by atoms with E-state index in [1.54, 1.807) is 13.2 Å². The summed E-state index contributed by atoms with van der Waals surface area (Å²) >= 11 is 0. The maximum Gasteiger partial charge on any atom is 0.227 e. The maximum atomic E-state index is 12.9. The molecule has 32 heavy (non-hydrogen) atoms. The molecule has 1 amide bonds. The minimum atomic E-state index is 0.211. The molecule has 0 unspecified atom stereocenters. The SMILES string of the molecule is CN/C=C(\C=N)Nc1ccc2c(c1)CC(=O)N(CCCN1CCc3ccccc3C1)CC2. The first-order valence-electron chi connectivity index (χ1n) is 11.5. The molecule has 168 valence electrons. The van der Waals surface area contributed by atoms with E-state index in [0.717, 1.165) is 63.2 Å². The third-order valence-electron chi connectivity index (χ3n) is 6.41. The van der Waals surface area contributed by atoms with Gasteiger partial charge in [-0.05, 0) is 53.6 Å². The molecule has 2 heterocycles. The highest BCUT2D eigenvalue weighted by molar-refractivity contribution is 5.82. The van der Waals surface area contributed by atoms with E-state index in [9.17, 15) is 4.79 Å². The van der Waals surface area contributed by atoms with Crippen molar-refractivity contribution in [3.63, 3.8) is 0 Å². The van der Waals surface area contributed by atoms with Gasteiger partial charge in [-0.1, -0.05) is 30.3 Å². The molecule has 4 rings (SSSR count). The van der Waals surface area contributed by atoms with E-state index >= 15 is 0 Å². The van der Waals surface area contributed by atoms with Crippen molar-refractivity contribution in [1.29, 1.82) is 5.41 Å². The Morgan fingerprint density at radius 1 is 1.03 bits per heavy atom. The van der Waals surface area contributed by atoms with Gasteiger partial charge in [-0.15, -0.1) is 0 Å². The average Bonchev–Trinajstić information content (AvgIpc) is 2.96. The lowest BCUT2D eigenvalue weighted by molar-refractivity contribution is -0.130. The average molecular weight is 432 g/mol. The number of anilines is 1. The van der Waals surface area contributed by atoms with Gasteiger partial charge in [0.25, 0.3) is 0 Å². The Kier molecular flexibility index (Phi) is 7.22. The Balaban J connectivity index is 1.31. The van der Waals surface area contributed by atoms with Crippen molar-refractivity contribution in [2.45, 2.75) is 32.2 Å². The highest BCUT2D eigenvalue weighted by Gasteiger charge is 2.21. The van der Waals surface area contributed by atoms with Crippen LogP contribution in [0.5, 0.6) is 0 Å². The van der Waals surface area contributed by atoms with Gasteiger partial charge in [0.15, 0.2) is 0 Å². The number of nitrogens with one attached hydrogen (secondary N) is 3. The van der Waals surface area contributed by atoms with Crippen LogP contribution in [0.15, 0.2) is 54.4 Å². The third kappa shape index (κ3) is 5.37. The standard InChI is InChI=1S/C26H33N5O/c1-28-18-25(17-27)29-24-8-7-21-10-14-31(26(32)16-23(21)15-24)12-4-11-30-13-9-20-5-2-3-6-22(20)19-30/h2-3,5-8,15,17-18,27-29H,4,9-14,16,19H2,1H3/b25-18+,27-17?. The molecular weight excluding hydrogens is 398 g/mol. The van der Waals surface area contributed by atoms with Crippen LogP contribution in [0.4, 0.5) is 5.69 Å². The minimum Gasteiger partial charge on any atom is -0.392 e. The number of nitrogens with zero attached hydrogens (tertiary/aromatic N) is 2.